The first kappa shape index (κ1) is 10.9. The number of hydrogen-bond donors (Lipinski definition) is 1. The Labute approximate surface area is 90.3 Å². The van der Waals surface area contributed by atoms with Gasteiger partial charge in [0.1, 0.15) is 5.54 Å². The highest BCUT2D eigenvalue weighted by Gasteiger charge is 2.37. The highest BCUT2D eigenvalue weighted by Crippen LogP contribution is 2.21. The van der Waals surface area contributed by atoms with E-state index in [1.54, 1.807) is 0 Å². The predicted octanol–water partition coefficient (Wildman–Crippen LogP) is 0.708. The molecule has 4 heteroatoms. The van der Waals surface area contributed by atoms with Gasteiger partial charge in [0, 0.05) is 12.5 Å². The third-order valence-electron chi connectivity index (χ3n) is 3.29. The molecule has 0 amide bonds. The molecule has 2 aliphatic rings. The zero-order valence-electron chi connectivity index (χ0n) is 9.25. The van der Waals surface area contributed by atoms with Crippen LogP contribution in [0.1, 0.15) is 26.2 Å². The van der Waals surface area contributed by atoms with E-state index in [-0.39, 0.29) is 5.97 Å². The minimum absolute atomic E-state index is 0.105. The van der Waals surface area contributed by atoms with Crippen LogP contribution in [0.3, 0.4) is 0 Å². The first-order valence-electron chi connectivity index (χ1n) is 5.71. The van der Waals surface area contributed by atoms with Crippen molar-refractivity contribution in [3.8, 4) is 0 Å². The fourth-order valence-electron chi connectivity index (χ4n) is 2.14. The third kappa shape index (κ3) is 2.49. The standard InChI is InChI=1S/C11H19NO3/c1-11(4-2-5-12-11)10(13)15-8-9-3-6-14-7-9/h9,12H,2-8H2,1H3. The third-order valence-corrected chi connectivity index (χ3v) is 3.29. The van der Waals surface area contributed by atoms with Gasteiger partial charge in [0.25, 0.3) is 0 Å². The van der Waals surface area contributed by atoms with Crippen LogP contribution in [0.15, 0.2) is 0 Å². The van der Waals surface area contributed by atoms with Crippen molar-refractivity contribution in [1.29, 1.82) is 0 Å². The zero-order valence-corrected chi connectivity index (χ0v) is 9.25. The molecule has 15 heavy (non-hydrogen) atoms. The summed E-state index contributed by atoms with van der Waals surface area (Å²) < 4.78 is 10.6. The number of carbonyl (C=O) groups is 1. The molecule has 2 saturated heterocycles. The molecule has 2 unspecified atom stereocenters. The molecule has 0 spiro atoms. The maximum atomic E-state index is 11.8. The van der Waals surface area contributed by atoms with Crippen molar-refractivity contribution in [3.63, 3.8) is 0 Å². The van der Waals surface area contributed by atoms with Crippen LogP contribution in [0, 0.1) is 5.92 Å². The van der Waals surface area contributed by atoms with Gasteiger partial charge < -0.3 is 14.8 Å². The molecular weight excluding hydrogens is 194 g/mol. The van der Waals surface area contributed by atoms with Crippen LogP contribution < -0.4 is 5.32 Å². The van der Waals surface area contributed by atoms with Gasteiger partial charge in [-0.25, -0.2) is 0 Å². The molecule has 0 aromatic carbocycles. The van der Waals surface area contributed by atoms with Crippen molar-refractivity contribution < 1.29 is 14.3 Å². The summed E-state index contributed by atoms with van der Waals surface area (Å²) in [6, 6.07) is 0. The zero-order chi connectivity index (χ0) is 10.7. The molecule has 2 fully saturated rings. The molecule has 0 aliphatic carbocycles. The van der Waals surface area contributed by atoms with E-state index in [1.807, 2.05) is 6.92 Å². The topological polar surface area (TPSA) is 47.6 Å². The average molecular weight is 213 g/mol. The van der Waals surface area contributed by atoms with Gasteiger partial charge in [0.2, 0.25) is 0 Å². The highest BCUT2D eigenvalue weighted by molar-refractivity contribution is 5.80. The van der Waals surface area contributed by atoms with Crippen molar-refractivity contribution in [2.75, 3.05) is 26.4 Å². The maximum Gasteiger partial charge on any atom is 0.326 e. The van der Waals surface area contributed by atoms with Gasteiger partial charge in [-0.05, 0) is 32.7 Å². The van der Waals surface area contributed by atoms with Gasteiger partial charge in [-0.1, -0.05) is 0 Å². The Balaban J connectivity index is 1.76. The van der Waals surface area contributed by atoms with Crippen LogP contribution >= 0.6 is 0 Å². The van der Waals surface area contributed by atoms with Crippen molar-refractivity contribution in [1.82, 2.24) is 5.32 Å². The van der Waals surface area contributed by atoms with Gasteiger partial charge in [0.15, 0.2) is 0 Å². The molecule has 2 atom stereocenters. The van der Waals surface area contributed by atoms with E-state index in [0.29, 0.717) is 12.5 Å². The van der Waals surface area contributed by atoms with E-state index in [0.717, 1.165) is 39.0 Å². The normalized spacial score (nSPS) is 35.7. The average Bonchev–Trinajstić information content (AvgIpc) is 2.85. The maximum absolute atomic E-state index is 11.8. The largest absolute Gasteiger partial charge is 0.464 e. The molecule has 0 radical (unpaired) electrons. The first-order valence-corrected chi connectivity index (χ1v) is 5.71. The Kier molecular flexibility index (Phi) is 3.26. The van der Waals surface area contributed by atoms with Gasteiger partial charge in [-0.2, -0.15) is 0 Å². The molecule has 4 nitrogen and oxygen atoms in total. The van der Waals surface area contributed by atoms with E-state index in [9.17, 15) is 4.79 Å². The lowest BCUT2D eigenvalue weighted by Crippen LogP contribution is -2.46. The molecule has 2 heterocycles. The molecule has 0 bridgehead atoms. The second-order valence-electron chi connectivity index (χ2n) is 4.69. The lowest BCUT2D eigenvalue weighted by atomic mass is 10.0. The Morgan fingerprint density at radius 2 is 2.53 bits per heavy atom. The minimum atomic E-state index is -0.445. The summed E-state index contributed by atoms with van der Waals surface area (Å²) in [4.78, 5) is 11.8. The SMILES string of the molecule is CC1(C(=O)OCC2CCOC2)CCCN1. The number of esters is 1. The number of ether oxygens (including phenoxy) is 2. The highest BCUT2D eigenvalue weighted by atomic mass is 16.5. The molecule has 0 aromatic heterocycles. The second-order valence-corrected chi connectivity index (χ2v) is 4.69. The fraction of sp³-hybridized carbons (Fsp3) is 0.909. The smallest absolute Gasteiger partial charge is 0.326 e. The minimum Gasteiger partial charge on any atom is -0.464 e. The summed E-state index contributed by atoms with van der Waals surface area (Å²) in [5.41, 5.74) is -0.445. The van der Waals surface area contributed by atoms with Gasteiger partial charge in [-0.15, -0.1) is 0 Å². The lowest BCUT2D eigenvalue weighted by molar-refractivity contribution is -0.151. The fourth-order valence-corrected chi connectivity index (χ4v) is 2.14. The van der Waals surface area contributed by atoms with E-state index < -0.39 is 5.54 Å². The Bertz CT molecular complexity index is 230. The van der Waals surface area contributed by atoms with E-state index in [4.69, 9.17) is 9.47 Å². The van der Waals surface area contributed by atoms with Crippen LogP contribution in [0.25, 0.3) is 0 Å². The first-order chi connectivity index (χ1) is 7.21. The molecule has 0 saturated carbocycles. The lowest BCUT2D eigenvalue weighted by Gasteiger charge is -2.22. The van der Waals surface area contributed by atoms with Crippen LogP contribution in [0.5, 0.6) is 0 Å². The molecule has 2 aliphatic heterocycles. The van der Waals surface area contributed by atoms with Gasteiger partial charge >= 0.3 is 5.97 Å². The van der Waals surface area contributed by atoms with Gasteiger partial charge in [-0.3, -0.25) is 4.79 Å². The van der Waals surface area contributed by atoms with Crippen LogP contribution in [0.2, 0.25) is 0 Å². The van der Waals surface area contributed by atoms with E-state index in [1.165, 1.54) is 0 Å². The van der Waals surface area contributed by atoms with E-state index in [2.05, 4.69) is 5.32 Å². The Morgan fingerprint density at radius 1 is 1.67 bits per heavy atom. The number of carbonyl (C=O) groups excluding carboxylic acids is 1. The summed E-state index contributed by atoms with van der Waals surface area (Å²) >= 11 is 0. The number of hydrogen-bond acceptors (Lipinski definition) is 4. The number of rotatable bonds is 3. The quantitative estimate of drug-likeness (QED) is 0.701. The summed E-state index contributed by atoms with van der Waals surface area (Å²) in [6.45, 7) is 4.89. The number of nitrogens with one attached hydrogen (secondary N) is 1. The van der Waals surface area contributed by atoms with Crippen LogP contribution in [-0.2, 0) is 14.3 Å². The molecular formula is C11H19NO3. The van der Waals surface area contributed by atoms with Crippen molar-refractivity contribution in [2.24, 2.45) is 5.92 Å². The second kappa shape index (κ2) is 4.49. The molecule has 86 valence electrons. The van der Waals surface area contributed by atoms with Gasteiger partial charge in [0.05, 0.1) is 13.2 Å². The Morgan fingerprint density at radius 3 is 3.13 bits per heavy atom. The van der Waals surface area contributed by atoms with Crippen molar-refractivity contribution >= 4 is 5.97 Å². The van der Waals surface area contributed by atoms with Crippen LogP contribution in [0.4, 0.5) is 0 Å². The van der Waals surface area contributed by atoms with Crippen molar-refractivity contribution in [2.45, 2.75) is 31.7 Å². The van der Waals surface area contributed by atoms with Crippen molar-refractivity contribution in [3.05, 3.63) is 0 Å². The molecule has 2 rings (SSSR count). The summed E-state index contributed by atoms with van der Waals surface area (Å²) in [5.74, 6) is 0.297. The molecule has 1 N–H and O–H groups in total. The summed E-state index contributed by atoms with van der Waals surface area (Å²) in [5, 5.41) is 3.20. The predicted molar refractivity (Wildman–Crippen MR) is 55.5 cm³/mol. The monoisotopic (exact) mass is 213 g/mol. The van der Waals surface area contributed by atoms with E-state index >= 15 is 0 Å². The summed E-state index contributed by atoms with van der Waals surface area (Å²) in [7, 11) is 0. The summed E-state index contributed by atoms with van der Waals surface area (Å²) in [6.07, 6.45) is 2.95. The molecule has 0 aromatic rings. The Hall–Kier alpha value is -0.610. The van der Waals surface area contributed by atoms with Crippen LogP contribution in [-0.4, -0.2) is 37.9 Å².